The Hall–Kier alpha value is -2.86. The van der Waals surface area contributed by atoms with Crippen molar-refractivity contribution in [2.75, 3.05) is 11.9 Å². The molecule has 0 aliphatic rings. The third-order valence-corrected chi connectivity index (χ3v) is 3.93. The lowest BCUT2D eigenvalue weighted by Gasteiger charge is -2.07. The molecule has 0 atom stereocenters. The van der Waals surface area contributed by atoms with Gasteiger partial charge in [0.15, 0.2) is 0 Å². The van der Waals surface area contributed by atoms with Gasteiger partial charge in [-0.05, 0) is 48.9 Å². The zero-order chi connectivity index (χ0) is 18.4. The molecule has 1 heterocycles. The minimum absolute atomic E-state index is 0.0849. The average Bonchev–Trinajstić information content (AvgIpc) is 3.14. The molecule has 26 heavy (non-hydrogen) atoms. The SMILES string of the molecule is CCCNC(=O)c1cccc(NCc2nc(-c3ccc(Cl)cc3)no2)c1. The van der Waals surface area contributed by atoms with E-state index in [1.807, 2.05) is 31.2 Å². The van der Waals surface area contributed by atoms with Crippen molar-refractivity contribution in [3.05, 3.63) is 65.0 Å². The Balaban J connectivity index is 1.62. The Morgan fingerprint density at radius 3 is 2.77 bits per heavy atom. The fraction of sp³-hybridized carbons (Fsp3) is 0.211. The molecule has 0 aliphatic carbocycles. The van der Waals surface area contributed by atoms with Crippen LogP contribution in [-0.4, -0.2) is 22.6 Å². The van der Waals surface area contributed by atoms with Crippen molar-refractivity contribution in [1.82, 2.24) is 15.5 Å². The molecule has 0 aliphatic heterocycles. The van der Waals surface area contributed by atoms with Crippen LogP contribution in [0.15, 0.2) is 53.1 Å². The molecular weight excluding hydrogens is 352 g/mol. The van der Waals surface area contributed by atoms with Gasteiger partial charge in [-0.3, -0.25) is 4.79 Å². The van der Waals surface area contributed by atoms with Crippen molar-refractivity contribution in [3.63, 3.8) is 0 Å². The van der Waals surface area contributed by atoms with E-state index in [2.05, 4.69) is 20.8 Å². The molecule has 134 valence electrons. The number of hydrogen-bond acceptors (Lipinski definition) is 5. The van der Waals surface area contributed by atoms with Crippen LogP contribution in [0, 0.1) is 0 Å². The molecule has 0 saturated carbocycles. The number of benzene rings is 2. The van der Waals surface area contributed by atoms with Gasteiger partial charge in [-0.1, -0.05) is 29.7 Å². The molecule has 0 fully saturated rings. The minimum Gasteiger partial charge on any atom is -0.376 e. The largest absolute Gasteiger partial charge is 0.376 e. The van der Waals surface area contributed by atoms with Crippen LogP contribution in [0.2, 0.25) is 5.02 Å². The molecule has 2 N–H and O–H groups in total. The summed E-state index contributed by atoms with van der Waals surface area (Å²) >= 11 is 5.88. The predicted molar refractivity (Wildman–Crippen MR) is 101 cm³/mol. The summed E-state index contributed by atoms with van der Waals surface area (Å²) in [7, 11) is 0. The highest BCUT2D eigenvalue weighted by Gasteiger charge is 2.09. The first-order valence-electron chi connectivity index (χ1n) is 8.36. The van der Waals surface area contributed by atoms with Gasteiger partial charge < -0.3 is 15.2 Å². The number of carbonyl (C=O) groups is 1. The number of carbonyl (C=O) groups excluding carboxylic acids is 1. The summed E-state index contributed by atoms with van der Waals surface area (Å²) in [6.45, 7) is 3.04. The van der Waals surface area contributed by atoms with E-state index in [-0.39, 0.29) is 5.91 Å². The van der Waals surface area contributed by atoms with Crippen LogP contribution in [0.4, 0.5) is 5.69 Å². The molecule has 1 aromatic heterocycles. The maximum atomic E-state index is 12.0. The summed E-state index contributed by atoms with van der Waals surface area (Å²) in [4.78, 5) is 16.4. The Labute approximate surface area is 156 Å². The molecule has 0 unspecified atom stereocenters. The second kappa shape index (κ2) is 8.49. The van der Waals surface area contributed by atoms with Crippen LogP contribution in [-0.2, 0) is 6.54 Å². The Kier molecular flexibility index (Phi) is 5.86. The van der Waals surface area contributed by atoms with Gasteiger partial charge in [-0.2, -0.15) is 4.98 Å². The van der Waals surface area contributed by atoms with Gasteiger partial charge >= 0.3 is 0 Å². The number of anilines is 1. The predicted octanol–water partition coefficient (Wildman–Crippen LogP) is 4.14. The summed E-state index contributed by atoms with van der Waals surface area (Å²) in [6, 6.07) is 14.5. The van der Waals surface area contributed by atoms with Gasteiger partial charge in [-0.15, -0.1) is 0 Å². The van der Waals surface area contributed by atoms with E-state index in [9.17, 15) is 4.79 Å². The number of aromatic nitrogens is 2. The molecule has 2 aromatic carbocycles. The second-order valence-corrected chi connectivity index (χ2v) is 6.15. The van der Waals surface area contributed by atoms with Crippen molar-refractivity contribution in [3.8, 4) is 11.4 Å². The number of halogens is 1. The van der Waals surface area contributed by atoms with Gasteiger partial charge in [0.1, 0.15) is 0 Å². The van der Waals surface area contributed by atoms with Crippen LogP contribution in [0.5, 0.6) is 0 Å². The maximum Gasteiger partial charge on any atom is 0.251 e. The lowest BCUT2D eigenvalue weighted by molar-refractivity contribution is 0.0953. The first kappa shape index (κ1) is 17.9. The van der Waals surface area contributed by atoms with Crippen molar-refractivity contribution in [2.45, 2.75) is 19.9 Å². The third-order valence-electron chi connectivity index (χ3n) is 3.67. The fourth-order valence-electron chi connectivity index (χ4n) is 2.33. The Morgan fingerprint density at radius 2 is 2.00 bits per heavy atom. The standard InChI is InChI=1S/C19H19ClN4O2/c1-2-10-21-19(25)14-4-3-5-16(11-14)22-12-17-23-18(24-26-17)13-6-8-15(20)9-7-13/h3-9,11,22H,2,10,12H2,1H3,(H,21,25). The van der Waals surface area contributed by atoms with Crippen LogP contribution in [0.3, 0.4) is 0 Å². The monoisotopic (exact) mass is 370 g/mol. The van der Waals surface area contributed by atoms with Crippen LogP contribution >= 0.6 is 11.6 Å². The van der Waals surface area contributed by atoms with E-state index < -0.39 is 0 Å². The summed E-state index contributed by atoms with van der Waals surface area (Å²) in [5.41, 5.74) is 2.25. The lowest BCUT2D eigenvalue weighted by Crippen LogP contribution is -2.23. The quantitative estimate of drug-likeness (QED) is 0.653. The first-order valence-corrected chi connectivity index (χ1v) is 8.74. The van der Waals surface area contributed by atoms with Gasteiger partial charge in [0, 0.05) is 28.4 Å². The van der Waals surface area contributed by atoms with E-state index in [0.29, 0.717) is 35.4 Å². The van der Waals surface area contributed by atoms with E-state index >= 15 is 0 Å². The maximum absolute atomic E-state index is 12.0. The highest BCUT2D eigenvalue weighted by molar-refractivity contribution is 6.30. The Morgan fingerprint density at radius 1 is 1.19 bits per heavy atom. The smallest absolute Gasteiger partial charge is 0.251 e. The highest BCUT2D eigenvalue weighted by Crippen LogP contribution is 2.19. The van der Waals surface area contributed by atoms with Crippen LogP contribution in [0.25, 0.3) is 11.4 Å². The summed E-state index contributed by atoms with van der Waals surface area (Å²) < 4.78 is 5.27. The molecule has 1 amide bonds. The van der Waals surface area contributed by atoms with E-state index in [1.165, 1.54) is 0 Å². The normalized spacial score (nSPS) is 10.5. The molecule has 0 bridgehead atoms. The van der Waals surface area contributed by atoms with Gasteiger partial charge in [0.05, 0.1) is 6.54 Å². The van der Waals surface area contributed by atoms with Crippen molar-refractivity contribution in [2.24, 2.45) is 0 Å². The summed E-state index contributed by atoms with van der Waals surface area (Å²) in [5, 5.41) is 10.7. The van der Waals surface area contributed by atoms with E-state index in [0.717, 1.165) is 17.7 Å². The third kappa shape index (κ3) is 4.61. The first-order chi connectivity index (χ1) is 12.7. The van der Waals surface area contributed by atoms with Crippen LogP contribution < -0.4 is 10.6 Å². The van der Waals surface area contributed by atoms with Gasteiger partial charge in [0.2, 0.25) is 11.7 Å². The van der Waals surface area contributed by atoms with Crippen molar-refractivity contribution < 1.29 is 9.32 Å². The zero-order valence-corrected chi connectivity index (χ0v) is 15.1. The minimum atomic E-state index is -0.0849. The number of hydrogen-bond donors (Lipinski definition) is 2. The molecule has 3 rings (SSSR count). The molecule has 6 nitrogen and oxygen atoms in total. The van der Waals surface area contributed by atoms with E-state index in [1.54, 1.807) is 24.3 Å². The number of nitrogens with zero attached hydrogens (tertiary/aromatic N) is 2. The molecule has 0 spiro atoms. The van der Waals surface area contributed by atoms with Gasteiger partial charge in [0.25, 0.3) is 5.91 Å². The highest BCUT2D eigenvalue weighted by atomic mass is 35.5. The molecular formula is C19H19ClN4O2. The van der Waals surface area contributed by atoms with Crippen molar-refractivity contribution in [1.29, 1.82) is 0 Å². The molecule has 0 radical (unpaired) electrons. The summed E-state index contributed by atoms with van der Waals surface area (Å²) in [6.07, 6.45) is 0.900. The average molecular weight is 371 g/mol. The van der Waals surface area contributed by atoms with Crippen LogP contribution in [0.1, 0.15) is 29.6 Å². The second-order valence-electron chi connectivity index (χ2n) is 5.71. The zero-order valence-electron chi connectivity index (χ0n) is 14.3. The Bertz CT molecular complexity index is 877. The molecule has 3 aromatic rings. The number of nitrogens with one attached hydrogen (secondary N) is 2. The number of amides is 1. The van der Waals surface area contributed by atoms with Gasteiger partial charge in [-0.25, -0.2) is 0 Å². The number of rotatable bonds is 7. The van der Waals surface area contributed by atoms with E-state index in [4.69, 9.17) is 16.1 Å². The molecule has 7 heteroatoms. The lowest BCUT2D eigenvalue weighted by atomic mass is 10.2. The summed E-state index contributed by atoms with van der Waals surface area (Å²) in [5.74, 6) is 0.875. The van der Waals surface area contributed by atoms with Crippen molar-refractivity contribution >= 4 is 23.2 Å². The topological polar surface area (TPSA) is 80.0 Å². The molecule has 0 saturated heterocycles. The fourth-order valence-corrected chi connectivity index (χ4v) is 2.46.